The Bertz CT molecular complexity index is 620. The summed E-state index contributed by atoms with van der Waals surface area (Å²) in [6.07, 6.45) is 0.245. The molecule has 1 aromatic rings. The number of hydrogen-bond donors (Lipinski definition) is 1. The molecule has 1 aromatic carbocycles. The second-order valence-corrected chi connectivity index (χ2v) is 6.62. The molecule has 5 heteroatoms. The number of anilines is 1. The highest BCUT2D eigenvalue weighted by Crippen LogP contribution is 2.35. The molecule has 1 unspecified atom stereocenters. The minimum Gasteiger partial charge on any atom is -0.489 e. The summed E-state index contributed by atoms with van der Waals surface area (Å²) in [5.74, 6) is 0.225. The minimum atomic E-state index is -0.480. The van der Waals surface area contributed by atoms with Crippen molar-refractivity contribution in [2.45, 2.75) is 32.7 Å². The van der Waals surface area contributed by atoms with Crippen LogP contribution in [0, 0.1) is 5.92 Å². The van der Waals surface area contributed by atoms with Crippen LogP contribution >= 0.6 is 0 Å². The quantitative estimate of drug-likeness (QED) is 0.850. The fraction of sp³-hybridized carbons (Fsp3) is 0.444. The number of benzene rings is 1. The number of nitrogens with zero attached hydrogens (tertiary/aromatic N) is 1. The van der Waals surface area contributed by atoms with Crippen molar-refractivity contribution < 1.29 is 14.3 Å². The summed E-state index contributed by atoms with van der Waals surface area (Å²) in [4.78, 5) is 26.0. The first-order valence-electron chi connectivity index (χ1n) is 7.66. The van der Waals surface area contributed by atoms with Crippen LogP contribution in [-0.2, 0) is 9.59 Å². The Balaban J connectivity index is 2.00. The Hall–Kier alpha value is -2.30. The fourth-order valence-electron chi connectivity index (χ4n) is 2.60. The summed E-state index contributed by atoms with van der Waals surface area (Å²) >= 11 is 0. The van der Waals surface area contributed by atoms with Crippen molar-refractivity contribution in [1.29, 1.82) is 0 Å². The normalized spacial score (nSPS) is 19.6. The standard InChI is InChI=1S/C18H24N2O3/c1-12(2)11-23-14-8-6-13(7-9-14)19-17(22)15-10-16(21)20(5)18(15,3)4/h6-9,15H,1,10-11H2,2-5H3,(H,19,22). The van der Waals surface area contributed by atoms with Crippen molar-refractivity contribution in [3.63, 3.8) is 0 Å². The van der Waals surface area contributed by atoms with Crippen molar-refractivity contribution >= 4 is 17.5 Å². The van der Waals surface area contributed by atoms with E-state index < -0.39 is 5.54 Å². The predicted octanol–water partition coefficient (Wildman–Crippen LogP) is 2.84. The highest BCUT2D eigenvalue weighted by Gasteiger charge is 2.47. The van der Waals surface area contributed by atoms with Gasteiger partial charge >= 0.3 is 0 Å². The molecule has 23 heavy (non-hydrogen) atoms. The SMILES string of the molecule is C=C(C)COc1ccc(NC(=O)C2CC(=O)N(C)C2(C)C)cc1. The van der Waals surface area contributed by atoms with Crippen molar-refractivity contribution in [2.75, 3.05) is 19.0 Å². The minimum absolute atomic E-state index is 0.00121. The van der Waals surface area contributed by atoms with Crippen molar-refractivity contribution in [1.82, 2.24) is 4.90 Å². The van der Waals surface area contributed by atoms with Crippen LogP contribution in [0.15, 0.2) is 36.4 Å². The van der Waals surface area contributed by atoms with Crippen LogP contribution in [0.1, 0.15) is 27.2 Å². The molecule has 0 radical (unpaired) electrons. The van der Waals surface area contributed by atoms with E-state index in [4.69, 9.17) is 4.74 Å². The molecule has 2 rings (SSSR count). The van der Waals surface area contributed by atoms with E-state index in [9.17, 15) is 9.59 Å². The summed E-state index contributed by atoms with van der Waals surface area (Å²) in [5, 5.41) is 2.88. The lowest BCUT2D eigenvalue weighted by Gasteiger charge is -2.32. The van der Waals surface area contributed by atoms with Crippen molar-refractivity contribution in [3.8, 4) is 5.75 Å². The number of nitrogens with one attached hydrogen (secondary N) is 1. The monoisotopic (exact) mass is 316 g/mol. The summed E-state index contributed by atoms with van der Waals surface area (Å²) in [7, 11) is 1.74. The lowest BCUT2D eigenvalue weighted by molar-refractivity contribution is -0.128. The third-order valence-corrected chi connectivity index (χ3v) is 4.39. The van der Waals surface area contributed by atoms with Crippen LogP contribution in [0.3, 0.4) is 0 Å². The molecule has 1 heterocycles. The van der Waals surface area contributed by atoms with E-state index in [1.165, 1.54) is 0 Å². The van der Waals surface area contributed by atoms with Gasteiger partial charge in [0.05, 0.1) is 5.92 Å². The zero-order valence-electron chi connectivity index (χ0n) is 14.2. The maximum absolute atomic E-state index is 12.5. The van der Waals surface area contributed by atoms with Crippen LogP contribution in [0.25, 0.3) is 0 Å². The lowest BCUT2D eigenvalue weighted by Crippen LogP contribution is -2.45. The molecule has 2 amide bonds. The van der Waals surface area contributed by atoms with Crippen LogP contribution in [-0.4, -0.2) is 35.9 Å². The molecule has 1 aliphatic heterocycles. The van der Waals surface area contributed by atoms with Gasteiger partial charge in [-0.15, -0.1) is 0 Å². The average Bonchev–Trinajstić information content (AvgIpc) is 2.70. The molecule has 0 aliphatic carbocycles. The van der Waals surface area contributed by atoms with E-state index in [1.54, 1.807) is 36.2 Å². The van der Waals surface area contributed by atoms with Gasteiger partial charge in [-0.2, -0.15) is 0 Å². The second-order valence-electron chi connectivity index (χ2n) is 6.62. The molecule has 0 bridgehead atoms. The smallest absolute Gasteiger partial charge is 0.230 e. The molecule has 1 aliphatic rings. The highest BCUT2D eigenvalue weighted by molar-refractivity contribution is 5.98. The molecule has 1 fully saturated rings. The summed E-state index contributed by atoms with van der Waals surface area (Å²) in [6.45, 7) is 9.98. The third kappa shape index (κ3) is 3.73. The summed E-state index contributed by atoms with van der Waals surface area (Å²) < 4.78 is 5.52. The van der Waals surface area contributed by atoms with Gasteiger partial charge in [0.1, 0.15) is 12.4 Å². The van der Waals surface area contributed by atoms with Crippen LogP contribution in [0.2, 0.25) is 0 Å². The van der Waals surface area contributed by atoms with E-state index in [1.807, 2.05) is 20.8 Å². The van der Waals surface area contributed by atoms with Crippen LogP contribution in [0.5, 0.6) is 5.75 Å². The number of likely N-dealkylation sites (tertiary alicyclic amines) is 1. The maximum Gasteiger partial charge on any atom is 0.230 e. The lowest BCUT2D eigenvalue weighted by atomic mass is 9.87. The van der Waals surface area contributed by atoms with E-state index in [0.717, 1.165) is 11.3 Å². The Labute approximate surface area is 137 Å². The van der Waals surface area contributed by atoms with Crippen molar-refractivity contribution in [2.24, 2.45) is 5.92 Å². The molecule has 1 atom stereocenters. The van der Waals surface area contributed by atoms with Crippen molar-refractivity contribution in [3.05, 3.63) is 36.4 Å². The Kier molecular flexibility index (Phi) is 4.78. The number of amides is 2. The number of carbonyl (C=O) groups excluding carboxylic acids is 2. The molecule has 5 nitrogen and oxygen atoms in total. The van der Waals surface area contributed by atoms with Gasteiger partial charge in [-0.25, -0.2) is 0 Å². The van der Waals surface area contributed by atoms with Crippen LogP contribution < -0.4 is 10.1 Å². The van der Waals surface area contributed by atoms with Gasteiger partial charge in [0.2, 0.25) is 11.8 Å². The summed E-state index contributed by atoms with van der Waals surface area (Å²) in [6, 6.07) is 7.18. The summed E-state index contributed by atoms with van der Waals surface area (Å²) in [5.41, 5.74) is 1.15. The molecule has 0 spiro atoms. The number of hydrogen-bond acceptors (Lipinski definition) is 3. The zero-order valence-corrected chi connectivity index (χ0v) is 14.2. The predicted molar refractivity (Wildman–Crippen MR) is 90.3 cm³/mol. The first-order chi connectivity index (χ1) is 10.7. The zero-order chi connectivity index (χ0) is 17.2. The van der Waals surface area contributed by atoms with E-state index in [-0.39, 0.29) is 24.2 Å². The van der Waals surface area contributed by atoms with Gasteiger partial charge in [0, 0.05) is 24.7 Å². The number of carbonyl (C=O) groups is 2. The first-order valence-corrected chi connectivity index (χ1v) is 7.66. The van der Waals surface area contributed by atoms with E-state index in [2.05, 4.69) is 11.9 Å². The Morgan fingerprint density at radius 2 is 2.00 bits per heavy atom. The fourth-order valence-corrected chi connectivity index (χ4v) is 2.60. The number of rotatable bonds is 5. The number of ether oxygens (including phenoxy) is 1. The largest absolute Gasteiger partial charge is 0.489 e. The van der Waals surface area contributed by atoms with Crippen LogP contribution in [0.4, 0.5) is 5.69 Å². The van der Waals surface area contributed by atoms with Gasteiger partial charge in [-0.3, -0.25) is 9.59 Å². The molecule has 0 aromatic heterocycles. The van der Waals surface area contributed by atoms with Gasteiger partial charge in [0.25, 0.3) is 0 Å². The average molecular weight is 316 g/mol. The Morgan fingerprint density at radius 3 is 2.48 bits per heavy atom. The molecular formula is C18H24N2O3. The molecular weight excluding hydrogens is 292 g/mol. The van der Waals surface area contributed by atoms with Gasteiger partial charge in [0.15, 0.2) is 0 Å². The molecule has 1 N–H and O–H groups in total. The maximum atomic E-state index is 12.5. The topological polar surface area (TPSA) is 58.6 Å². The first kappa shape index (κ1) is 17.1. The molecule has 124 valence electrons. The molecule has 1 saturated heterocycles. The second kappa shape index (κ2) is 6.44. The highest BCUT2D eigenvalue weighted by atomic mass is 16.5. The Morgan fingerprint density at radius 1 is 1.39 bits per heavy atom. The van der Waals surface area contributed by atoms with Gasteiger partial charge in [-0.05, 0) is 50.6 Å². The van der Waals surface area contributed by atoms with E-state index >= 15 is 0 Å². The molecule has 0 saturated carbocycles. The van der Waals surface area contributed by atoms with Gasteiger partial charge in [-0.1, -0.05) is 6.58 Å². The third-order valence-electron chi connectivity index (χ3n) is 4.39. The van der Waals surface area contributed by atoms with E-state index in [0.29, 0.717) is 12.3 Å². The van der Waals surface area contributed by atoms with Gasteiger partial charge < -0.3 is 15.0 Å².